The third kappa shape index (κ3) is 4.96. The van der Waals surface area contributed by atoms with Gasteiger partial charge >= 0.3 is 0 Å². The first-order valence-electron chi connectivity index (χ1n) is 6.80. The molecule has 0 aromatic heterocycles. The van der Waals surface area contributed by atoms with Gasteiger partial charge in [-0.1, -0.05) is 28.6 Å². The number of hydrazine groups is 1. The molecular weight excluding hydrogens is 360 g/mol. The van der Waals surface area contributed by atoms with Crippen LogP contribution >= 0.6 is 15.9 Å². The summed E-state index contributed by atoms with van der Waals surface area (Å²) in [6, 6.07) is 13.4. The van der Waals surface area contributed by atoms with Crippen LogP contribution < -0.4 is 15.6 Å². The lowest BCUT2D eigenvalue weighted by Crippen LogP contribution is -2.41. The maximum Gasteiger partial charge on any atom is 0.269 e. The number of rotatable bonds is 5. The number of carbonyl (C=O) groups excluding carboxylic acids is 2. The van der Waals surface area contributed by atoms with Crippen molar-refractivity contribution in [3.63, 3.8) is 0 Å². The Morgan fingerprint density at radius 3 is 1.91 bits per heavy atom. The lowest BCUT2D eigenvalue weighted by atomic mass is 10.2. The molecule has 118 valence electrons. The molecule has 0 unspecified atom stereocenters. The molecule has 0 atom stereocenters. The van der Waals surface area contributed by atoms with E-state index in [9.17, 15) is 9.59 Å². The van der Waals surface area contributed by atoms with Gasteiger partial charge in [0, 0.05) is 15.6 Å². The molecule has 0 saturated heterocycles. The van der Waals surface area contributed by atoms with E-state index < -0.39 is 11.8 Å². The molecule has 6 heteroatoms. The maximum absolute atomic E-state index is 12.0. The summed E-state index contributed by atoms with van der Waals surface area (Å²) >= 11 is 3.29. The van der Waals surface area contributed by atoms with E-state index in [4.69, 9.17) is 4.74 Å². The van der Waals surface area contributed by atoms with E-state index in [1.807, 2.05) is 0 Å². The summed E-state index contributed by atoms with van der Waals surface area (Å²) < 4.78 is 6.20. The Bertz CT molecular complexity index is 697. The molecule has 2 N–H and O–H groups in total. The van der Waals surface area contributed by atoms with Crippen molar-refractivity contribution in [2.75, 3.05) is 6.61 Å². The van der Waals surface area contributed by atoms with Crippen molar-refractivity contribution in [2.24, 2.45) is 0 Å². The monoisotopic (exact) mass is 374 g/mol. The summed E-state index contributed by atoms with van der Waals surface area (Å²) in [5.74, 6) is -0.164. The SMILES string of the molecule is C=CCOc1ccc(C(=O)NNC(=O)c2ccc(Br)cc2)cc1. The summed E-state index contributed by atoms with van der Waals surface area (Å²) in [5, 5.41) is 0. The molecule has 2 amide bonds. The van der Waals surface area contributed by atoms with E-state index in [2.05, 4.69) is 33.4 Å². The number of amides is 2. The highest BCUT2D eigenvalue weighted by Crippen LogP contribution is 2.12. The molecule has 23 heavy (non-hydrogen) atoms. The third-order valence-corrected chi connectivity index (χ3v) is 3.41. The smallest absolute Gasteiger partial charge is 0.269 e. The van der Waals surface area contributed by atoms with Crippen LogP contribution in [-0.4, -0.2) is 18.4 Å². The Hall–Kier alpha value is -2.60. The molecule has 2 aromatic carbocycles. The molecule has 0 radical (unpaired) electrons. The van der Waals surface area contributed by atoms with Gasteiger partial charge in [-0.3, -0.25) is 20.4 Å². The fourth-order valence-corrected chi connectivity index (χ4v) is 1.98. The summed E-state index contributed by atoms with van der Waals surface area (Å²) in [6.07, 6.45) is 1.64. The summed E-state index contributed by atoms with van der Waals surface area (Å²) in [5.41, 5.74) is 5.59. The summed E-state index contributed by atoms with van der Waals surface area (Å²) in [7, 11) is 0. The number of nitrogens with one attached hydrogen (secondary N) is 2. The van der Waals surface area contributed by atoms with E-state index in [1.165, 1.54) is 0 Å². The molecule has 0 heterocycles. The van der Waals surface area contributed by atoms with Crippen molar-refractivity contribution in [3.05, 3.63) is 76.8 Å². The zero-order chi connectivity index (χ0) is 16.7. The van der Waals surface area contributed by atoms with E-state index in [-0.39, 0.29) is 0 Å². The number of hydrogen-bond donors (Lipinski definition) is 2. The van der Waals surface area contributed by atoms with Crippen LogP contribution in [0.1, 0.15) is 20.7 Å². The van der Waals surface area contributed by atoms with Crippen LogP contribution in [0.2, 0.25) is 0 Å². The Balaban J connectivity index is 1.90. The standard InChI is InChI=1S/C17H15BrN2O3/c1-2-11-23-15-9-5-13(6-10-15)17(22)20-19-16(21)12-3-7-14(18)8-4-12/h2-10H,1,11H2,(H,19,21)(H,20,22). The fourth-order valence-electron chi connectivity index (χ4n) is 1.72. The maximum atomic E-state index is 12.0. The summed E-state index contributed by atoms with van der Waals surface area (Å²) in [6.45, 7) is 3.96. The average molecular weight is 375 g/mol. The van der Waals surface area contributed by atoms with Crippen molar-refractivity contribution < 1.29 is 14.3 Å². The second-order valence-corrected chi connectivity index (χ2v) is 5.45. The molecule has 5 nitrogen and oxygen atoms in total. The van der Waals surface area contributed by atoms with E-state index >= 15 is 0 Å². The zero-order valence-corrected chi connectivity index (χ0v) is 13.8. The van der Waals surface area contributed by atoms with Gasteiger partial charge in [0.1, 0.15) is 12.4 Å². The van der Waals surface area contributed by atoms with Gasteiger partial charge in [0.15, 0.2) is 0 Å². The van der Waals surface area contributed by atoms with E-state index in [0.29, 0.717) is 23.5 Å². The molecule has 0 saturated carbocycles. The van der Waals surface area contributed by atoms with Gasteiger partial charge in [-0.05, 0) is 48.5 Å². The van der Waals surface area contributed by atoms with E-state index in [0.717, 1.165) is 4.47 Å². The Morgan fingerprint density at radius 2 is 1.43 bits per heavy atom. The summed E-state index contributed by atoms with van der Waals surface area (Å²) in [4.78, 5) is 23.9. The van der Waals surface area contributed by atoms with Crippen molar-refractivity contribution in [3.8, 4) is 5.75 Å². The topological polar surface area (TPSA) is 67.4 Å². The highest BCUT2D eigenvalue weighted by Gasteiger charge is 2.09. The first-order chi connectivity index (χ1) is 11.1. The van der Waals surface area contributed by atoms with Crippen molar-refractivity contribution in [1.82, 2.24) is 10.9 Å². The molecule has 2 aromatic rings. The quantitative estimate of drug-likeness (QED) is 0.624. The number of hydrogen-bond acceptors (Lipinski definition) is 3. The molecule has 0 fully saturated rings. The van der Waals surface area contributed by atoms with Crippen LogP contribution in [0.5, 0.6) is 5.75 Å². The zero-order valence-electron chi connectivity index (χ0n) is 12.2. The van der Waals surface area contributed by atoms with Crippen LogP contribution in [0.4, 0.5) is 0 Å². The highest BCUT2D eigenvalue weighted by molar-refractivity contribution is 9.10. The largest absolute Gasteiger partial charge is 0.490 e. The Kier molecular flexibility index (Phi) is 5.94. The van der Waals surface area contributed by atoms with Gasteiger partial charge in [-0.25, -0.2) is 0 Å². The van der Waals surface area contributed by atoms with Gasteiger partial charge < -0.3 is 4.74 Å². The average Bonchev–Trinajstić information content (AvgIpc) is 2.58. The van der Waals surface area contributed by atoms with Gasteiger partial charge in [0.25, 0.3) is 11.8 Å². The molecule has 0 aliphatic rings. The van der Waals surface area contributed by atoms with Gasteiger partial charge in [0.05, 0.1) is 0 Å². The first kappa shape index (κ1) is 16.8. The van der Waals surface area contributed by atoms with Gasteiger partial charge in [0.2, 0.25) is 0 Å². The molecule has 0 bridgehead atoms. The number of ether oxygens (including phenoxy) is 1. The second-order valence-electron chi connectivity index (χ2n) is 4.54. The molecule has 0 spiro atoms. The predicted molar refractivity (Wildman–Crippen MR) is 91.2 cm³/mol. The first-order valence-corrected chi connectivity index (χ1v) is 7.59. The minimum absolute atomic E-state index is 0.392. The van der Waals surface area contributed by atoms with Crippen LogP contribution in [0.15, 0.2) is 65.7 Å². The number of benzene rings is 2. The highest BCUT2D eigenvalue weighted by atomic mass is 79.9. The number of carbonyl (C=O) groups is 2. The van der Waals surface area contributed by atoms with Crippen LogP contribution in [0.3, 0.4) is 0 Å². The van der Waals surface area contributed by atoms with Gasteiger partial charge in [-0.15, -0.1) is 0 Å². The minimum Gasteiger partial charge on any atom is -0.490 e. The molecular formula is C17H15BrN2O3. The lowest BCUT2D eigenvalue weighted by molar-refractivity contribution is 0.0846. The lowest BCUT2D eigenvalue weighted by Gasteiger charge is -2.08. The van der Waals surface area contributed by atoms with Crippen LogP contribution in [-0.2, 0) is 0 Å². The second kappa shape index (κ2) is 8.14. The Labute approximate surface area is 142 Å². The Morgan fingerprint density at radius 1 is 0.957 bits per heavy atom. The van der Waals surface area contributed by atoms with Crippen molar-refractivity contribution in [2.45, 2.75) is 0 Å². The third-order valence-electron chi connectivity index (χ3n) is 2.88. The van der Waals surface area contributed by atoms with Crippen molar-refractivity contribution in [1.29, 1.82) is 0 Å². The van der Waals surface area contributed by atoms with Crippen LogP contribution in [0.25, 0.3) is 0 Å². The van der Waals surface area contributed by atoms with Crippen LogP contribution in [0, 0.1) is 0 Å². The number of halogens is 1. The molecule has 0 aliphatic carbocycles. The van der Waals surface area contributed by atoms with Gasteiger partial charge in [-0.2, -0.15) is 0 Å². The molecule has 2 rings (SSSR count). The van der Waals surface area contributed by atoms with Crippen molar-refractivity contribution >= 4 is 27.7 Å². The fraction of sp³-hybridized carbons (Fsp3) is 0.0588. The predicted octanol–water partition coefficient (Wildman–Crippen LogP) is 3.09. The normalized spacial score (nSPS) is 9.78. The van der Waals surface area contributed by atoms with E-state index in [1.54, 1.807) is 54.6 Å². The minimum atomic E-state index is -0.411. The molecule has 0 aliphatic heterocycles.